The summed E-state index contributed by atoms with van der Waals surface area (Å²) in [7, 11) is 1.58. The van der Waals surface area contributed by atoms with E-state index in [0.717, 1.165) is 5.56 Å². The van der Waals surface area contributed by atoms with Gasteiger partial charge >= 0.3 is 5.91 Å². The van der Waals surface area contributed by atoms with Gasteiger partial charge in [0.1, 0.15) is 23.3 Å². The molecule has 1 aliphatic rings. The predicted molar refractivity (Wildman–Crippen MR) is 127 cm³/mol. The topological polar surface area (TPSA) is 109 Å². The maximum Gasteiger partial charge on any atom is 0.302 e. The number of benzene rings is 2. The van der Waals surface area contributed by atoms with Gasteiger partial charge in [0.2, 0.25) is 5.95 Å². The number of imidazole rings is 1. The van der Waals surface area contributed by atoms with Crippen molar-refractivity contribution in [3.63, 3.8) is 0 Å². The van der Waals surface area contributed by atoms with E-state index in [4.69, 9.17) is 9.15 Å². The number of H-pyrrole nitrogens is 1. The van der Waals surface area contributed by atoms with Crippen molar-refractivity contribution in [1.29, 1.82) is 0 Å². The Hall–Kier alpha value is -4.33. The van der Waals surface area contributed by atoms with Crippen LogP contribution in [0.3, 0.4) is 0 Å². The molecule has 1 amide bonds. The molecular formula is C26H23N3O5. The van der Waals surface area contributed by atoms with E-state index in [-0.39, 0.29) is 23.2 Å². The Bertz CT molecular complexity index is 1400. The van der Waals surface area contributed by atoms with Crippen molar-refractivity contribution in [3.05, 3.63) is 83.3 Å². The summed E-state index contributed by atoms with van der Waals surface area (Å²) < 4.78 is 11.0. The van der Waals surface area contributed by atoms with Crippen LogP contribution in [0.2, 0.25) is 0 Å². The number of furan rings is 1. The number of amides is 1. The largest absolute Gasteiger partial charge is 0.507 e. The van der Waals surface area contributed by atoms with E-state index in [2.05, 4.69) is 9.97 Å². The van der Waals surface area contributed by atoms with Gasteiger partial charge < -0.3 is 19.2 Å². The monoisotopic (exact) mass is 457 g/mol. The number of hydrogen-bond donors (Lipinski definition) is 2. The highest BCUT2D eigenvalue weighted by Gasteiger charge is 2.49. The zero-order chi connectivity index (χ0) is 24.0. The molecule has 8 heteroatoms. The van der Waals surface area contributed by atoms with Crippen LogP contribution in [-0.4, -0.2) is 33.9 Å². The van der Waals surface area contributed by atoms with E-state index < -0.39 is 17.7 Å². The number of aliphatic hydroxyl groups is 1. The van der Waals surface area contributed by atoms with Crippen molar-refractivity contribution < 1.29 is 23.8 Å². The summed E-state index contributed by atoms with van der Waals surface area (Å²) in [6.45, 7) is 4.01. The third kappa shape index (κ3) is 3.35. The number of rotatable bonds is 5. The Morgan fingerprint density at radius 1 is 1.15 bits per heavy atom. The summed E-state index contributed by atoms with van der Waals surface area (Å²) in [6, 6.07) is 14.8. The van der Waals surface area contributed by atoms with Crippen molar-refractivity contribution in [2.75, 3.05) is 12.0 Å². The number of methoxy groups -OCH3 is 1. The van der Waals surface area contributed by atoms with Crippen molar-refractivity contribution in [2.24, 2.45) is 0 Å². The van der Waals surface area contributed by atoms with Gasteiger partial charge in [-0.05, 0) is 53.9 Å². The molecule has 2 N–H and O–H groups in total. The second-order valence-corrected chi connectivity index (χ2v) is 8.37. The minimum atomic E-state index is -0.986. The summed E-state index contributed by atoms with van der Waals surface area (Å²) in [5.41, 5.74) is 2.57. The van der Waals surface area contributed by atoms with Crippen LogP contribution in [0.1, 0.15) is 42.7 Å². The number of aromatic nitrogens is 2. The smallest absolute Gasteiger partial charge is 0.302 e. The van der Waals surface area contributed by atoms with Crippen LogP contribution in [0.15, 0.2) is 70.9 Å². The van der Waals surface area contributed by atoms with Gasteiger partial charge in [-0.3, -0.25) is 14.5 Å². The number of hydrogen-bond acceptors (Lipinski definition) is 6. The van der Waals surface area contributed by atoms with E-state index in [1.807, 2.05) is 32.0 Å². The highest BCUT2D eigenvalue weighted by molar-refractivity contribution is 6.51. The number of Topliss-reactive ketones (excluding diaryl/α,β-unsaturated/α-hetero) is 1. The summed E-state index contributed by atoms with van der Waals surface area (Å²) in [6.07, 6.45) is 1.46. The standard InChI is InChI=1S/C26H23N3O5/c1-14(2)16-13-15(10-11-19(16)33-3)23(30)21-22(20-9-6-12-34-20)29(25(32)24(21)31)26-27-17-7-4-5-8-18(17)28-26/h4-14,22,30H,1-3H3,(H,27,28)/b23-21+. The summed E-state index contributed by atoms with van der Waals surface area (Å²) in [4.78, 5) is 35.3. The number of aromatic amines is 1. The van der Waals surface area contributed by atoms with Gasteiger partial charge in [0.05, 0.1) is 30.0 Å². The Morgan fingerprint density at radius 3 is 2.62 bits per heavy atom. The van der Waals surface area contributed by atoms with Crippen LogP contribution in [-0.2, 0) is 9.59 Å². The Balaban J connectivity index is 1.70. The Morgan fingerprint density at radius 2 is 1.94 bits per heavy atom. The molecule has 2 aromatic carbocycles. The second-order valence-electron chi connectivity index (χ2n) is 8.37. The molecular weight excluding hydrogens is 434 g/mol. The Labute approximate surface area is 195 Å². The molecule has 0 saturated carbocycles. The van der Waals surface area contributed by atoms with Crippen molar-refractivity contribution >= 4 is 34.4 Å². The molecule has 8 nitrogen and oxygen atoms in total. The molecule has 0 radical (unpaired) electrons. The number of carbonyl (C=O) groups is 2. The second kappa shape index (κ2) is 8.22. The number of aliphatic hydroxyl groups excluding tert-OH is 1. The number of para-hydroxylation sites is 2. The van der Waals surface area contributed by atoms with Crippen LogP contribution in [0.25, 0.3) is 16.8 Å². The lowest BCUT2D eigenvalue weighted by Gasteiger charge is -2.21. The first kappa shape index (κ1) is 21.5. The molecule has 2 aromatic heterocycles. The van der Waals surface area contributed by atoms with Crippen LogP contribution in [0.5, 0.6) is 5.75 Å². The normalized spacial score (nSPS) is 17.8. The van der Waals surface area contributed by atoms with E-state index in [9.17, 15) is 14.7 Å². The summed E-state index contributed by atoms with van der Waals surface area (Å²) in [5.74, 6) is -0.595. The number of ketones is 1. The molecule has 3 heterocycles. The van der Waals surface area contributed by atoms with E-state index in [1.165, 1.54) is 11.2 Å². The molecule has 172 valence electrons. The zero-order valence-electron chi connectivity index (χ0n) is 18.9. The molecule has 0 aliphatic carbocycles. The van der Waals surface area contributed by atoms with E-state index >= 15 is 0 Å². The summed E-state index contributed by atoms with van der Waals surface area (Å²) in [5, 5.41) is 11.3. The number of fused-ring (bicyclic) bond motifs is 1. The van der Waals surface area contributed by atoms with Crippen LogP contribution >= 0.6 is 0 Å². The summed E-state index contributed by atoms with van der Waals surface area (Å²) >= 11 is 0. The van der Waals surface area contributed by atoms with Crippen molar-refractivity contribution in [3.8, 4) is 5.75 Å². The Kier molecular flexibility index (Phi) is 5.20. The minimum Gasteiger partial charge on any atom is -0.507 e. The minimum absolute atomic E-state index is 0.0692. The fourth-order valence-corrected chi connectivity index (χ4v) is 4.31. The molecule has 5 rings (SSSR count). The molecule has 4 aromatic rings. The van der Waals surface area contributed by atoms with E-state index in [0.29, 0.717) is 28.1 Å². The van der Waals surface area contributed by atoms with Gasteiger partial charge in [-0.15, -0.1) is 0 Å². The first-order valence-corrected chi connectivity index (χ1v) is 10.9. The van der Waals surface area contributed by atoms with Gasteiger partial charge in [0.25, 0.3) is 5.78 Å². The van der Waals surface area contributed by atoms with Gasteiger partial charge in [-0.25, -0.2) is 4.98 Å². The van der Waals surface area contributed by atoms with Gasteiger partial charge in [-0.1, -0.05) is 26.0 Å². The number of anilines is 1. The quantitative estimate of drug-likeness (QED) is 0.250. The van der Waals surface area contributed by atoms with Crippen molar-refractivity contribution in [1.82, 2.24) is 9.97 Å². The third-order valence-corrected chi connectivity index (χ3v) is 5.99. The number of carbonyl (C=O) groups excluding carboxylic acids is 2. The first-order chi connectivity index (χ1) is 16.4. The SMILES string of the molecule is COc1ccc(/C(O)=C2\C(=O)C(=O)N(c3nc4ccccc4[nH]3)C2c2ccco2)cc1C(C)C. The fourth-order valence-electron chi connectivity index (χ4n) is 4.31. The fraction of sp³-hybridized carbons (Fsp3) is 0.192. The highest BCUT2D eigenvalue weighted by Crippen LogP contribution is 2.42. The molecule has 1 fully saturated rings. The molecule has 34 heavy (non-hydrogen) atoms. The molecule has 0 bridgehead atoms. The first-order valence-electron chi connectivity index (χ1n) is 10.9. The van der Waals surface area contributed by atoms with Gasteiger partial charge in [0.15, 0.2) is 0 Å². The lowest BCUT2D eigenvalue weighted by molar-refractivity contribution is -0.132. The average Bonchev–Trinajstić information content (AvgIpc) is 3.56. The molecule has 1 atom stereocenters. The van der Waals surface area contributed by atoms with E-state index in [1.54, 1.807) is 43.5 Å². The average molecular weight is 457 g/mol. The molecule has 1 aliphatic heterocycles. The lowest BCUT2D eigenvalue weighted by Crippen LogP contribution is -2.30. The molecule has 1 saturated heterocycles. The molecule has 1 unspecified atom stereocenters. The zero-order valence-corrected chi connectivity index (χ0v) is 18.9. The van der Waals surface area contributed by atoms with Crippen LogP contribution in [0.4, 0.5) is 5.95 Å². The molecule has 0 spiro atoms. The number of nitrogens with one attached hydrogen (secondary N) is 1. The van der Waals surface area contributed by atoms with Crippen LogP contribution in [0, 0.1) is 0 Å². The van der Waals surface area contributed by atoms with Crippen LogP contribution < -0.4 is 9.64 Å². The number of ether oxygens (including phenoxy) is 1. The highest BCUT2D eigenvalue weighted by atomic mass is 16.5. The van der Waals surface area contributed by atoms with Crippen molar-refractivity contribution in [2.45, 2.75) is 25.8 Å². The third-order valence-electron chi connectivity index (χ3n) is 5.99. The van der Waals surface area contributed by atoms with Gasteiger partial charge in [0, 0.05) is 5.56 Å². The van der Waals surface area contributed by atoms with Gasteiger partial charge in [-0.2, -0.15) is 0 Å². The lowest BCUT2D eigenvalue weighted by atomic mass is 9.95. The maximum atomic E-state index is 13.2. The number of nitrogens with zero attached hydrogens (tertiary/aromatic N) is 2. The maximum absolute atomic E-state index is 13.2. The predicted octanol–water partition coefficient (Wildman–Crippen LogP) is 4.91.